The van der Waals surface area contributed by atoms with Crippen LogP contribution in [-0.2, 0) is 6.54 Å². The molecule has 0 saturated carbocycles. The van der Waals surface area contributed by atoms with E-state index in [0.717, 1.165) is 11.1 Å². The summed E-state index contributed by atoms with van der Waals surface area (Å²) in [5, 5.41) is 15.4. The molecule has 0 radical (unpaired) electrons. The van der Waals surface area contributed by atoms with Gasteiger partial charge in [0.25, 0.3) is 5.69 Å². The molecule has 0 aliphatic heterocycles. The van der Waals surface area contributed by atoms with Crippen LogP contribution in [0.3, 0.4) is 0 Å². The number of aryl methyl sites for hydroxylation is 1. The summed E-state index contributed by atoms with van der Waals surface area (Å²) in [7, 11) is 3.17. The van der Waals surface area contributed by atoms with Gasteiger partial charge in [0.2, 0.25) is 0 Å². The topological polar surface area (TPSA) is 99.1 Å². The number of nitro groups is 1. The number of benzene rings is 2. The van der Waals surface area contributed by atoms with E-state index in [4.69, 9.17) is 13.9 Å². The van der Waals surface area contributed by atoms with Gasteiger partial charge in [0.15, 0.2) is 11.5 Å². The minimum Gasteiger partial charge on any atom is -0.493 e. The Kier molecular flexibility index (Phi) is 6.13. The quantitative estimate of drug-likeness (QED) is 0.347. The fourth-order valence-corrected chi connectivity index (χ4v) is 2.80. The molecule has 0 fully saturated rings. The first-order valence-corrected chi connectivity index (χ1v) is 8.84. The van der Waals surface area contributed by atoms with Crippen LogP contribution in [0.5, 0.6) is 11.5 Å². The second-order valence-electron chi connectivity index (χ2n) is 6.26. The standard InChI is InChI=1S/C21H21N3O5/c1-14-4-7-17(18(10-14)24(25)26)19-9-6-16(29-19)13-23-22-12-15-5-8-20(27-2)21(11-15)28-3/h4-11,13,22H,12H2,1-3H3/b23-13-. The van der Waals surface area contributed by atoms with Gasteiger partial charge in [-0.15, -0.1) is 0 Å². The third kappa shape index (κ3) is 4.73. The van der Waals surface area contributed by atoms with Crippen molar-refractivity contribution in [3.8, 4) is 22.8 Å². The van der Waals surface area contributed by atoms with Crippen molar-refractivity contribution in [2.45, 2.75) is 13.5 Å². The van der Waals surface area contributed by atoms with Crippen molar-refractivity contribution in [3.05, 3.63) is 75.5 Å². The molecule has 0 aliphatic rings. The van der Waals surface area contributed by atoms with E-state index in [9.17, 15) is 10.1 Å². The molecule has 8 nitrogen and oxygen atoms in total. The van der Waals surface area contributed by atoms with Gasteiger partial charge in [-0.2, -0.15) is 5.10 Å². The van der Waals surface area contributed by atoms with Crippen LogP contribution in [0.4, 0.5) is 5.69 Å². The van der Waals surface area contributed by atoms with E-state index in [1.54, 1.807) is 39.3 Å². The van der Waals surface area contributed by atoms with Crippen LogP contribution >= 0.6 is 0 Å². The van der Waals surface area contributed by atoms with E-state index >= 15 is 0 Å². The summed E-state index contributed by atoms with van der Waals surface area (Å²) >= 11 is 0. The highest BCUT2D eigenvalue weighted by Crippen LogP contribution is 2.31. The third-order valence-electron chi connectivity index (χ3n) is 4.26. The molecule has 0 atom stereocenters. The number of hydrogen-bond donors (Lipinski definition) is 1. The van der Waals surface area contributed by atoms with Crippen molar-refractivity contribution >= 4 is 11.9 Å². The molecule has 3 rings (SSSR count). The molecule has 0 spiro atoms. The maximum absolute atomic E-state index is 11.3. The molecular formula is C21H21N3O5. The zero-order valence-electron chi connectivity index (χ0n) is 16.3. The molecule has 29 heavy (non-hydrogen) atoms. The van der Waals surface area contributed by atoms with Gasteiger partial charge in [-0.25, -0.2) is 0 Å². The highest BCUT2D eigenvalue weighted by atomic mass is 16.6. The van der Waals surface area contributed by atoms with Crippen LogP contribution in [-0.4, -0.2) is 25.4 Å². The summed E-state index contributed by atoms with van der Waals surface area (Å²) < 4.78 is 16.2. The molecular weight excluding hydrogens is 374 g/mol. The maximum atomic E-state index is 11.3. The lowest BCUT2D eigenvalue weighted by molar-refractivity contribution is -0.384. The summed E-state index contributed by atoms with van der Waals surface area (Å²) in [5.74, 6) is 2.20. The van der Waals surface area contributed by atoms with E-state index < -0.39 is 4.92 Å². The van der Waals surface area contributed by atoms with Crippen molar-refractivity contribution < 1.29 is 18.8 Å². The van der Waals surface area contributed by atoms with Crippen LogP contribution in [0.15, 0.2) is 58.0 Å². The van der Waals surface area contributed by atoms with E-state index in [1.165, 1.54) is 12.3 Å². The third-order valence-corrected chi connectivity index (χ3v) is 4.26. The molecule has 150 valence electrons. The van der Waals surface area contributed by atoms with Gasteiger partial charge in [-0.05, 0) is 48.4 Å². The first kappa shape index (κ1) is 19.9. The second kappa shape index (κ2) is 8.92. The summed E-state index contributed by atoms with van der Waals surface area (Å²) in [6, 6.07) is 14.0. The molecule has 0 saturated heterocycles. The number of furan rings is 1. The number of methoxy groups -OCH3 is 2. The molecule has 1 N–H and O–H groups in total. The Morgan fingerprint density at radius 3 is 2.62 bits per heavy atom. The van der Waals surface area contributed by atoms with Gasteiger partial charge < -0.3 is 19.3 Å². The van der Waals surface area contributed by atoms with E-state index in [0.29, 0.717) is 35.1 Å². The Balaban J connectivity index is 1.67. The van der Waals surface area contributed by atoms with Crippen LogP contribution in [0.25, 0.3) is 11.3 Å². The van der Waals surface area contributed by atoms with Crippen molar-refractivity contribution in [2.24, 2.45) is 5.10 Å². The lowest BCUT2D eigenvalue weighted by Gasteiger charge is -2.09. The number of hydrogen-bond acceptors (Lipinski definition) is 7. The van der Waals surface area contributed by atoms with Gasteiger partial charge in [-0.3, -0.25) is 10.1 Å². The summed E-state index contributed by atoms with van der Waals surface area (Å²) in [6.45, 7) is 2.29. The number of nitrogens with zero attached hydrogens (tertiary/aromatic N) is 2. The molecule has 1 aromatic heterocycles. The molecule has 8 heteroatoms. The molecule has 0 aliphatic carbocycles. The number of hydrazone groups is 1. The van der Waals surface area contributed by atoms with Crippen molar-refractivity contribution in [3.63, 3.8) is 0 Å². The highest BCUT2D eigenvalue weighted by Gasteiger charge is 2.18. The monoisotopic (exact) mass is 395 g/mol. The zero-order chi connectivity index (χ0) is 20.8. The molecule has 0 bridgehead atoms. The summed E-state index contributed by atoms with van der Waals surface area (Å²) in [4.78, 5) is 10.9. The lowest BCUT2D eigenvalue weighted by atomic mass is 10.1. The van der Waals surface area contributed by atoms with Crippen LogP contribution in [0, 0.1) is 17.0 Å². The summed E-state index contributed by atoms with van der Waals surface area (Å²) in [5.41, 5.74) is 5.15. The van der Waals surface area contributed by atoms with E-state index in [-0.39, 0.29) is 5.69 Å². The number of rotatable bonds is 8. The first-order chi connectivity index (χ1) is 14.0. The lowest BCUT2D eigenvalue weighted by Crippen LogP contribution is -2.05. The predicted octanol–water partition coefficient (Wildman–Crippen LogP) is 4.30. The number of nitro benzene ring substituents is 1. The Morgan fingerprint density at radius 2 is 1.90 bits per heavy atom. The number of ether oxygens (including phenoxy) is 2. The van der Waals surface area contributed by atoms with Gasteiger partial charge >= 0.3 is 0 Å². The molecule has 2 aromatic carbocycles. The van der Waals surface area contributed by atoms with Gasteiger partial charge in [0.05, 0.1) is 37.5 Å². The Labute approximate surface area is 167 Å². The van der Waals surface area contributed by atoms with E-state index in [1.807, 2.05) is 24.3 Å². The second-order valence-corrected chi connectivity index (χ2v) is 6.26. The first-order valence-electron chi connectivity index (χ1n) is 8.84. The Morgan fingerprint density at radius 1 is 1.10 bits per heavy atom. The normalized spacial score (nSPS) is 10.9. The van der Waals surface area contributed by atoms with Crippen molar-refractivity contribution in [1.82, 2.24) is 5.43 Å². The fourth-order valence-electron chi connectivity index (χ4n) is 2.80. The number of nitrogens with one attached hydrogen (secondary N) is 1. The van der Waals surface area contributed by atoms with Crippen LogP contribution in [0.1, 0.15) is 16.9 Å². The Bertz CT molecular complexity index is 1040. The van der Waals surface area contributed by atoms with Gasteiger partial charge in [0.1, 0.15) is 11.5 Å². The maximum Gasteiger partial charge on any atom is 0.280 e. The van der Waals surface area contributed by atoms with Gasteiger partial charge in [-0.1, -0.05) is 12.1 Å². The zero-order valence-corrected chi connectivity index (χ0v) is 16.3. The van der Waals surface area contributed by atoms with Crippen LogP contribution in [0.2, 0.25) is 0 Å². The highest BCUT2D eigenvalue weighted by molar-refractivity contribution is 5.78. The average molecular weight is 395 g/mol. The molecule has 0 amide bonds. The molecule has 3 aromatic rings. The fraction of sp³-hybridized carbons (Fsp3) is 0.190. The van der Waals surface area contributed by atoms with Crippen LogP contribution < -0.4 is 14.9 Å². The summed E-state index contributed by atoms with van der Waals surface area (Å²) in [6.07, 6.45) is 1.52. The smallest absolute Gasteiger partial charge is 0.280 e. The SMILES string of the molecule is COc1ccc(CN/N=C\c2ccc(-c3ccc(C)cc3[N+](=O)[O-])o2)cc1OC. The van der Waals surface area contributed by atoms with Crippen molar-refractivity contribution in [2.75, 3.05) is 14.2 Å². The predicted molar refractivity (Wildman–Crippen MR) is 110 cm³/mol. The molecule has 1 heterocycles. The minimum absolute atomic E-state index is 0.00872. The largest absolute Gasteiger partial charge is 0.493 e. The van der Waals surface area contributed by atoms with E-state index in [2.05, 4.69) is 10.5 Å². The average Bonchev–Trinajstić information content (AvgIpc) is 3.19. The van der Waals surface area contributed by atoms with Crippen molar-refractivity contribution in [1.29, 1.82) is 0 Å². The Hall–Kier alpha value is -3.81. The minimum atomic E-state index is -0.413. The molecule has 0 unspecified atom stereocenters. The van der Waals surface area contributed by atoms with Gasteiger partial charge in [0, 0.05) is 6.07 Å².